The van der Waals surface area contributed by atoms with E-state index in [1.807, 2.05) is 5.32 Å². The summed E-state index contributed by atoms with van der Waals surface area (Å²) in [5.41, 5.74) is 0. The first kappa shape index (κ1) is 47.7. The van der Waals surface area contributed by atoms with Crippen LogP contribution in [0.15, 0.2) is 0 Å². The molecular weight excluding hydrogens is 805 g/mol. The second-order valence-electron chi connectivity index (χ2n) is 9.77. The molecule has 0 rings (SSSR count). The average Bonchev–Trinajstić information content (AvgIpc) is 2.93. The summed E-state index contributed by atoms with van der Waals surface area (Å²) in [6, 6.07) is 0. The summed E-state index contributed by atoms with van der Waals surface area (Å²) in [5.74, 6) is -101. The lowest BCUT2D eigenvalue weighted by molar-refractivity contribution is -0.482. The molecule has 0 bridgehead atoms. The lowest BCUT2D eigenvalue weighted by Crippen LogP contribution is -2.78. The Labute approximate surface area is 264 Å². The molecule has 0 aliphatic carbocycles. The standard InChI is InChI=1S/C21H16F25NO2S/c22-10(23,5-8-50-9(49)47-6-3-1-2-4-7-48)11(24,25)12(26,27)13(28,29)14(30,31)15(32,33)16(34,35)17(36,37)18(38,39)19(40,41)20(42,43)21(44,45)46/h7H,1-6,8H2,(H,47,49). The van der Waals surface area contributed by atoms with Crippen LogP contribution in [-0.4, -0.2) is 95.1 Å². The summed E-state index contributed by atoms with van der Waals surface area (Å²) < 4.78 is 337. The second-order valence-corrected chi connectivity index (χ2v) is 10.8. The minimum atomic E-state index is -9.63. The fourth-order valence-electron chi connectivity index (χ4n) is 3.18. The summed E-state index contributed by atoms with van der Waals surface area (Å²) in [4.78, 5) is 21.6. The molecule has 0 unspecified atom stereocenters. The summed E-state index contributed by atoms with van der Waals surface area (Å²) >= 11 is -0.530. The number of alkyl halides is 25. The monoisotopic (exact) mass is 821 g/mol. The molecule has 50 heavy (non-hydrogen) atoms. The first-order valence-corrected chi connectivity index (χ1v) is 13.3. The fraction of sp³-hybridized carbons (Fsp3) is 0.905. The number of nitrogens with one attached hydrogen (secondary N) is 1. The van der Waals surface area contributed by atoms with Crippen LogP contribution in [0.2, 0.25) is 0 Å². The Morgan fingerprint density at radius 2 is 0.780 bits per heavy atom. The van der Waals surface area contributed by atoms with E-state index in [4.69, 9.17) is 0 Å². The Morgan fingerprint density at radius 3 is 1.10 bits per heavy atom. The van der Waals surface area contributed by atoms with Crippen LogP contribution >= 0.6 is 11.8 Å². The molecule has 0 atom stereocenters. The van der Waals surface area contributed by atoms with Crippen molar-refractivity contribution in [2.45, 2.75) is 103 Å². The van der Waals surface area contributed by atoms with Crippen LogP contribution in [0.4, 0.5) is 115 Å². The van der Waals surface area contributed by atoms with Crippen LogP contribution in [0.1, 0.15) is 32.1 Å². The number of aldehydes is 1. The van der Waals surface area contributed by atoms with Crippen molar-refractivity contribution in [3.8, 4) is 0 Å². The van der Waals surface area contributed by atoms with E-state index >= 15 is 0 Å². The van der Waals surface area contributed by atoms with Gasteiger partial charge >= 0.3 is 71.3 Å². The summed E-state index contributed by atoms with van der Waals surface area (Å²) in [6.07, 6.45) is -9.99. The predicted molar refractivity (Wildman–Crippen MR) is 115 cm³/mol. The average molecular weight is 821 g/mol. The normalized spacial score (nSPS) is 15.7. The smallest absolute Gasteiger partial charge is 0.347 e. The zero-order chi connectivity index (χ0) is 40.6. The van der Waals surface area contributed by atoms with Gasteiger partial charge < -0.3 is 10.1 Å². The third-order valence-corrected chi connectivity index (χ3v) is 7.10. The van der Waals surface area contributed by atoms with Crippen LogP contribution < -0.4 is 5.32 Å². The van der Waals surface area contributed by atoms with Crippen molar-refractivity contribution >= 4 is 23.3 Å². The number of thioether (sulfide) groups is 1. The Balaban J connectivity index is 6.58. The van der Waals surface area contributed by atoms with E-state index in [-0.39, 0.29) is 32.2 Å². The van der Waals surface area contributed by atoms with Gasteiger partial charge in [0.2, 0.25) is 0 Å². The number of unbranched alkanes of at least 4 members (excludes halogenated alkanes) is 3. The SMILES string of the molecule is O=CCCCCCNC(=O)SCCC(F)(F)C(F)(F)C(F)(F)C(F)(F)C(F)(F)C(F)(F)C(F)(F)C(F)(F)C(F)(F)C(F)(F)C(F)(F)C(F)(F)F. The van der Waals surface area contributed by atoms with Gasteiger partial charge in [-0.2, -0.15) is 110 Å². The Morgan fingerprint density at radius 1 is 0.460 bits per heavy atom. The summed E-state index contributed by atoms with van der Waals surface area (Å²) in [7, 11) is 0. The van der Waals surface area contributed by atoms with Crippen molar-refractivity contribution in [2.24, 2.45) is 0 Å². The topological polar surface area (TPSA) is 46.2 Å². The van der Waals surface area contributed by atoms with E-state index < -0.39 is 100 Å². The summed E-state index contributed by atoms with van der Waals surface area (Å²) in [5, 5.41) is 0.417. The fourth-order valence-corrected chi connectivity index (χ4v) is 3.93. The quantitative estimate of drug-likeness (QED) is 0.0802. The van der Waals surface area contributed by atoms with Gasteiger partial charge in [0.15, 0.2) is 0 Å². The van der Waals surface area contributed by atoms with Crippen molar-refractivity contribution in [1.82, 2.24) is 5.32 Å². The first-order valence-electron chi connectivity index (χ1n) is 12.3. The largest absolute Gasteiger partial charge is 0.460 e. The molecule has 3 nitrogen and oxygen atoms in total. The van der Waals surface area contributed by atoms with Gasteiger partial charge in [-0.05, 0) is 12.8 Å². The van der Waals surface area contributed by atoms with Gasteiger partial charge in [0.05, 0.1) is 0 Å². The van der Waals surface area contributed by atoms with E-state index in [0.29, 0.717) is 6.29 Å². The van der Waals surface area contributed by atoms with Crippen molar-refractivity contribution < 1.29 is 119 Å². The molecule has 0 aliphatic rings. The molecule has 0 aliphatic heterocycles. The van der Waals surface area contributed by atoms with E-state index in [1.54, 1.807) is 0 Å². The van der Waals surface area contributed by atoms with Crippen LogP contribution in [-0.2, 0) is 4.79 Å². The third kappa shape index (κ3) is 7.33. The van der Waals surface area contributed by atoms with Crippen molar-refractivity contribution in [1.29, 1.82) is 0 Å². The molecule has 0 saturated carbocycles. The molecule has 29 heteroatoms. The van der Waals surface area contributed by atoms with Gasteiger partial charge in [-0.1, -0.05) is 18.2 Å². The van der Waals surface area contributed by atoms with Gasteiger partial charge in [0, 0.05) is 25.1 Å². The lowest BCUT2D eigenvalue weighted by atomic mass is 9.84. The van der Waals surface area contributed by atoms with Gasteiger partial charge in [0.25, 0.3) is 5.24 Å². The van der Waals surface area contributed by atoms with Gasteiger partial charge in [-0.15, -0.1) is 0 Å². The number of halogens is 25. The maximum Gasteiger partial charge on any atom is 0.460 e. The van der Waals surface area contributed by atoms with Gasteiger partial charge in [-0.3, -0.25) is 4.79 Å². The molecule has 0 aromatic rings. The number of hydrogen-bond donors (Lipinski definition) is 1. The van der Waals surface area contributed by atoms with Crippen LogP contribution in [0.3, 0.4) is 0 Å². The van der Waals surface area contributed by atoms with E-state index in [1.165, 1.54) is 0 Å². The third-order valence-electron chi connectivity index (χ3n) is 6.28. The molecule has 1 N–H and O–H groups in total. The lowest BCUT2D eigenvalue weighted by Gasteiger charge is -2.45. The zero-order valence-corrected chi connectivity index (χ0v) is 24.0. The number of carbonyl (C=O) groups excluding carboxylic acids is 2. The summed E-state index contributed by atoms with van der Waals surface area (Å²) in [6.45, 7) is -0.317. The highest BCUT2D eigenvalue weighted by atomic mass is 32.2. The van der Waals surface area contributed by atoms with Gasteiger partial charge in [0.1, 0.15) is 6.29 Å². The molecule has 298 valence electrons. The van der Waals surface area contributed by atoms with Crippen LogP contribution in [0.5, 0.6) is 0 Å². The highest BCUT2D eigenvalue weighted by Crippen LogP contribution is 2.67. The first-order chi connectivity index (χ1) is 21.7. The minimum absolute atomic E-state index is 0.0653. The molecule has 0 saturated heterocycles. The molecule has 0 fully saturated rings. The van der Waals surface area contributed by atoms with Crippen molar-refractivity contribution in [3.63, 3.8) is 0 Å². The predicted octanol–water partition coefficient (Wildman–Crippen LogP) is 10.1. The van der Waals surface area contributed by atoms with Gasteiger partial charge in [-0.25, -0.2) is 0 Å². The van der Waals surface area contributed by atoms with E-state index in [2.05, 4.69) is 0 Å². The number of carbonyl (C=O) groups is 2. The van der Waals surface area contributed by atoms with Crippen molar-refractivity contribution in [3.05, 3.63) is 0 Å². The molecule has 0 heterocycles. The zero-order valence-electron chi connectivity index (χ0n) is 23.2. The molecule has 0 spiro atoms. The molecule has 1 amide bonds. The van der Waals surface area contributed by atoms with E-state index in [9.17, 15) is 119 Å². The van der Waals surface area contributed by atoms with Crippen LogP contribution in [0, 0.1) is 0 Å². The highest BCUT2D eigenvalue weighted by Gasteiger charge is 2.99. The van der Waals surface area contributed by atoms with Crippen molar-refractivity contribution in [2.75, 3.05) is 12.3 Å². The maximum atomic E-state index is 14.0. The van der Waals surface area contributed by atoms with E-state index in [0.717, 1.165) is 0 Å². The number of rotatable bonds is 19. The molecule has 0 aromatic carbocycles. The van der Waals surface area contributed by atoms with Crippen LogP contribution in [0.25, 0.3) is 0 Å². The molecule has 0 radical (unpaired) electrons. The molecular formula is C21H16F25NO2S. The number of amides is 1. The Bertz CT molecular complexity index is 1180. The minimum Gasteiger partial charge on any atom is -0.347 e. The Hall–Kier alpha value is -2.26. The molecule has 0 aromatic heterocycles. The maximum absolute atomic E-state index is 14.0. The number of hydrogen-bond acceptors (Lipinski definition) is 3. The Kier molecular flexibility index (Phi) is 13.6. The highest BCUT2D eigenvalue weighted by molar-refractivity contribution is 8.13. The second kappa shape index (κ2) is 14.3.